The fourth-order valence-electron chi connectivity index (χ4n) is 2.72. The van der Waals surface area contributed by atoms with Crippen LogP contribution < -0.4 is 11.0 Å². The van der Waals surface area contributed by atoms with Gasteiger partial charge in [0.15, 0.2) is 17.3 Å². The molecule has 11 heteroatoms. The molecule has 2 aromatic heterocycles. The van der Waals surface area contributed by atoms with Crippen LogP contribution in [0.4, 0.5) is 14.5 Å². The monoisotopic (exact) mass is 461 g/mol. The van der Waals surface area contributed by atoms with Crippen molar-refractivity contribution >= 4 is 40.6 Å². The SMILES string of the molecule is O=C(Cn1nc2ccc(SCc3ccc(Cl)cc3)nn2c1=O)Nc1ccc(F)c(F)c1. The number of fused-ring (bicyclic) bond motifs is 1. The standard InChI is InChI=1S/C20H14ClF2N5O2S/c21-13-3-1-12(2-4-13)11-31-19-8-7-17-25-27(20(30)28(17)26-19)10-18(29)24-14-5-6-15(22)16(23)9-14/h1-9H,10-11H2,(H,24,29). The van der Waals surface area contributed by atoms with Gasteiger partial charge >= 0.3 is 5.69 Å². The van der Waals surface area contributed by atoms with Crippen molar-refractivity contribution in [3.63, 3.8) is 0 Å². The van der Waals surface area contributed by atoms with Crippen LogP contribution in [0.5, 0.6) is 0 Å². The van der Waals surface area contributed by atoms with Crippen molar-refractivity contribution in [3.05, 3.63) is 87.3 Å². The van der Waals surface area contributed by atoms with E-state index in [0.717, 1.165) is 26.9 Å². The van der Waals surface area contributed by atoms with E-state index in [9.17, 15) is 18.4 Å². The average molecular weight is 462 g/mol. The van der Waals surface area contributed by atoms with Gasteiger partial charge in [-0.15, -0.1) is 5.10 Å². The molecule has 0 saturated carbocycles. The number of nitrogens with zero attached hydrogens (tertiary/aromatic N) is 4. The molecule has 0 spiro atoms. The Morgan fingerprint density at radius 1 is 1.03 bits per heavy atom. The number of thioether (sulfide) groups is 1. The van der Waals surface area contributed by atoms with Crippen LogP contribution in [0.2, 0.25) is 5.02 Å². The summed E-state index contributed by atoms with van der Waals surface area (Å²) in [5.41, 5.74) is 0.804. The molecule has 0 saturated heterocycles. The highest BCUT2D eigenvalue weighted by Gasteiger charge is 2.13. The summed E-state index contributed by atoms with van der Waals surface area (Å²) >= 11 is 7.32. The van der Waals surface area contributed by atoms with Crippen molar-refractivity contribution in [2.75, 3.05) is 5.32 Å². The first-order valence-electron chi connectivity index (χ1n) is 8.98. The fourth-order valence-corrected chi connectivity index (χ4v) is 3.66. The van der Waals surface area contributed by atoms with E-state index in [0.29, 0.717) is 15.8 Å². The van der Waals surface area contributed by atoms with Gasteiger partial charge in [0.05, 0.1) is 0 Å². The van der Waals surface area contributed by atoms with Crippen LogP contribution in [0.25, 0.3) is 5.65 Å². The minimum Gasteiger partial charge on any atom is -0.324 e. The van der Waals surface area contributed by atoms with Crippen LogP contribution in [0, 0.1) is 11.6 Å². The van der Waals surface area contributed by atoms with E-state index < -0.39 is 29.8 Å². The number of halogens is 3. The Labute approximate surface area is 183 Å². The number of amides is 1. The predicted molar refractivity (Wildman–Crippen MR) is 113 cm³/mol. The lowest BCUT2D eigenvalue weighted by atomic mass is 10.2. The molecule has 2 heterocycles. The number of benzene rings is 2. The molecule has 0 bridgehead atoms. The minimum absolute atomic E-state index is 0.0692. The predicted octanol–water partition coefficient (Wildman–Crippen LogP) is 3.75. The van der Waals surface area contributed by atoms with Crippen molar-refractivity contribution in [1.82, 2.24) is 19.4 Å². The molecular weight excluding hydrogens is 448 g/mol. The van der Waals surface area contributed by atoms with E-state index in [4.69, 9.17) is 11.6 Å². The first-order valence-corrected chi connectivity index (χ1v) is 10.3. The van der Waals surface area contributed by atoms with E-state index in [2.05, 4.69) is 15.5 Å². The third kappa shape index (κ3) is 4.92. The van der Waals surface area contributed by atoms with E-state index in [-0.39, 0.29) is 11.3 Å². The van der Waals surface area contributed by atoms with Crippen molar-refractivity contribution < 1.29 is 13.6 Å². The lowest BCUT2D eigenvalue weighted by molar-refractivity contribution is -0.117. The maximum atomic E-state index is 13.3. The lowest BCUT2D eigenvalue weighted by Gasteiger charge is -2.04. The maximum Gasteiger partial charge on any atom is 0.367 e. The zero-order chi connectivity index (χ0) is 22.0. The summed E-state index contributed by atoms with van der Waals surface area (Å²) in [4.78, 5) is 24.8. The Hall–Kier alpha value is -3.24. The summed E-state index contributed by atoms with van der Waals surface area (Å²) in [5, 5.41) is 12.0. The van der Waals surface area contributed by atoms with E-state index >= 15 is 0 Å². The van der Waals surface area contributed by atoms with Gasteiger partial charge in [-0.3, -0.25) is 4.79 Å². The zero-order valence-electron chi connectivity index (χ0n) is 15.8. The molecule has 0 aliphatic carbocycles. The van der Waals surface area contributed by atoms with Crippen LogP contribution in [-0.2, 0) is 17.1 Å². The highest BCUT2D eigenvalue weighted by atomic mass is 35.5. The number of rotatable bonds is 6. The summed E-state index contributed by atoms with van der Waals surface area (Å²) in [5.74, 6) is -2.09. The molecule has 7 nitrogen and oxygen atoms in total. The molecular formula is C20H14ClF2N5O2S. The first kappa shape index (κ1) is 21.0. The van der Waals surface area contributed by atoms with Crippen molar-refractivity contribution in [1.29, 1.82) is 0 Å². The second-order valence-corrected chi connectivity index (χ2v) is 7.91. The van der Waals surface area contributed by atoms with Gasteiger partial charge in [0, 0.05) is 22.5 Å². The fraction of sp³-hybridized carbons (Fsp3) is 0.100. The van der Waals surface area contributed by atoms with E-state index in [1.54, 1.807) is 24.3 Å². The van der Waals surface area contributed by atoms with Crippen LogP contribution in [0.15, 0.2) is 64.4 Å². The summed E-state index contributed by atoms with van der Waals surface area (Å²) in [6.07, 6.45) is 0. The van der Waals surface area contributed by atoms with Gasteiger partial charge in [-0.2, -0.15) is 9.61 Å². The quantitative estimate of drug-likeness (QED) is 0.442. The van der Waals surface area contributed by atoms with Crippen molar-refractivity contribution in [2.24, 2.45) is 0 Å². The normalized spacial score (nSPS) is 11.1. The largest absolute Gasteiger partial charge is 0.367 e. The number of nitrogens with one attached hydrogen (secondary N) is 1. The highest BCUT2D eigenvalue weighted by molar-refractivity contribution is 7.98. The minimum atomic E-state index is -1.09. The summed E-state index contributed by atoms with van der Waals surface area (Å²) < 4.78 is 28.3. The van der Waals surface area contributed by atoms with Gasteiger partial charge in [0.1, 0.15) is 11.6 Å². The molecule has 0 radical (unpaired) electrons. The molecule has 4 aromatic rings. The maximum absolute atomic E-state index is 13.3. The molecule has 0 atom stereocenters. The summed E-state index contributed by atoms with van der Waals surface area (Å²) in [6.45, 7) is -0.408. The molecule has 0 aliphatic heterocycles. The Kier molecular flexibility index (Phi) is 6.01. The van der Waals surface area contributed by atoms with Gasteiger partial charge in [-0.25, -0.2) is 18.3 Å². The molecule has 1 amide bonds. The van der Waals surface area contributed by atoms with E-state index in [1.807, 2.05) is 12.1 Å². The number of hydrogen-bond donors (Lipinski definition) is 1. The molecule has 0 aliphatic rings. The zero-order valence-corrected chi connectivity index (χ0v) is 17.3. The Morgan fingerprint density at radius 2 is 1.81 bits per heavy atom. The molecule has 0 fully saturated rings. The van der Waals surface area contributed by atoms with Crippen molar-refractivity contribution in [3.8, 4) is 0 Å². The van der Waals surface area contributed by atoms with E-state index in [1.165, 1.54) is 17.8 Å². The molecule has 1 N–H and O–H groups in total. The van der Waals surface area contributed by atoms with Crippen molar-refractivity contribution in [2.45, 2.75) is 17.3 Å². The molecule has 31 heavy (non-hydrogen) atoms. The molecule has 0 unspecified atom stereocenters. The third-order valence-electron chi connectivity index (χ3n) is 4.21. The summed E-state index contributed by atoms with van der Waals surface area (Å²) in [7, 11) is 0. The smallest absolute Gasteiger partial charge is 0.324 e. The lowest BCUT2D eigenvalue weighted by Crippen LogP contribution is -2.28. The Balaban J connectivity index is 1.47. The average Bonchev–Trinajstić information content (AvgIpc) is 3.05. The van der Waals surface area contributed by atoms with Gasteiger partial charge < -0.3 is 5.32 Å². The first-order chi connectivity index (χ1) is 14.9. The number of anilines is 1. The highest BCUT2D eigenvalue weighted by Crippen LogP contribution is 2.21. The molecule has 158 valence electrons. The number of carbonyl (C=O) groups excluding carboxylic acids is 1. The topological polar surface area (TPSA) is 81.3 Å². The molecule has 4 rings (SSSR count). The number of hydrogen-bond acceptors (Lipinski definition) is 5. The van der Waals surface area contributed by atoms with Gasteiger partial charge in [-0.1, -0.05) is 35.5 Å². The number of aromatic nitrogens is 4. The third-order valence-corrected chi connectivity index (χ3v) is 5.46. The van der Waals surface area contributed by atoms with Crippen LogP contribution >= 0.6 is 23.4 Å². The molecule has 2 aromatic carbocycles. The van der Waals surface area contributed by atoms with Gasteiger partial charge in [0.2, 0.25) is 5.91 Å². The Bertz CT molecular complexity index is 1320. The second kappa shape index (κ2) is 8.86. The van der Waals surface area contributed by atoms with Crippen LogP contribution in [-0.4, -0.2) is 25.3 Å². The summed E-state index contributed by atoms with van der Waals surface area (Å²) in [6, 6.07) is 13.7. The Morgan fingerprint density at radius 3 is 2.55 bits per heavy atom. The van der Waals surface area contributed by atoms with Gasteiger partial charge in [0.25, 0.3) is 0 Å². The van der Waals surface area contributed by atoms with Gasteiger partial charge in [-0.05, 0) is 42.0 Å². The number of carbonyl (C=O) groups is 1. The second-order valence-electron chi connectivity index (χ2n) is 6.47. The van der Waals surface area contributed by atoms with Crippen LogP contribution in [0.3, 0.4) is 0 Å². The van der Waals surface area contributed by atoms with Crippen LogP contribution in [0.1, 0.15) is 5.56 Å².